The van der Waals surface area contributed by atoms with E-state index in [-0.39, 0.29) is 5.91 Å². The Hall–Kier alpha value is -3.11. The van der Waals surface area contributed by atoms with Crippen molar-refractivity contribution < 1.29 is 4.79 Å². The van der Waals surface area contributed by atoms with E-state index in [0.717, 1.165) is 16.3 Å². The van der Waals surface area contributed by atoms with Crippen molar-refractivity contribution in [1.29, 1.82) is 0 Å². The maximum absolute atomic E-state index is 12.9. The Morgan fingerprint density at radius 2 is 2.03 bits per heavy atom. The smallest absolute Gasteiger partial charge is 0.247 e. The summed E-state index contributed by atoms with van der Waals surface area (Å²) >= 11 is 6.90. The Balaban J connectivity index is 1.32. The Morgan fingerprint density at radius 3 is 2.73 bits per heavy atom. The van der Waals surface area contributed by atoms with Crippen LogP contribution in [0.3, 0.4) is 0 Å². The predicted molar refractivity (Wildman–Crippen MR) is 118 cm³/mol. The first kappa shape index (κ1) is 18.9. The molecule has 3 aromatic heterocycles. The molecule has 10 heteroatoms. The maximum Gasteiger partial charge on any atom is 0.247 e. The van der Waals surface area contributed by atoms with Crippen molar-refractivity contribution in [3.8, 4) is 22.1 Å². The van der Waals surface area contributed by atoms with Gasteiger partial charge in [-0.3, -0.25) is 19.6 Å². The Kier molecular flexibility index (Phi) is 4.80. The van der Waals surface area contributed by atoms with E-state index in [1.165, 1.54) is 12.8 Å². The normalized spacial score (nSPS) is 14.6. The lowest BCUT2D eigenvalue weighted by Gasteiger charge is -2.15. The number of rotatable bonds is 6. The monoisotopic (exact) mass is 437 g/mol. The largest absolute Gasteiger partial charge is 0.324 e. The summed E-state index contributed by atoms with van der Waals surface area (Å²) in [4.78, 5) is 18.4. The van der Waals surface area contributed by atoms with Crippen LogP contribution < -0.4 is 5.32 Å². The number of aromatic amines is 2. The van der Waals surface area contributed by atoms with Crippen molar-refractivity contribution in [2.24, 2.45) is 0 Å². The van der Waals surface area contributed by atoms with Crippen molar-refractivity contribution in [2.45, 2.75) is 31.7 Å². The van der Waals surface area contributed by atoms with Crippen molar-refractivity contribution >= 4 is 35.1 Å². The number of hydrogen-bond donors (Lipinski definition) is 3. The molecule has 0 spiro atoms. The zero-order chi connectivity index (χ0) is 20.7. The molecular formula is C20H19N7OS2. The minimum Gasteiger partial charge on any atom is -0.324 e. The molecule has 0 radical (unpaired) electrons. The second kappa shape index (κ2) is 7.62. The lowest BCUT2D eigenvalue weighted by Crippen LogP contribution is -2.24. The van der Waals surface area contributed by atoms with Crippen LogP contribution in [0.4, 0.5) is 5.69 Å². The first-order chi connectivity index (χ1) is 14.6. The molecule has 4 aromatic rings. The van der Waals surface area contributed by atoms with Crippen LogP contribution in [0.2, 0.25) is 0 Å². The Morgan fingerprint density at radius 1 is 1.23 bits per heavy atom. The minimum absolute atomic E-state index is 0.174. The number of amides is 1. The lowest BCUT2D eigenvalue weighted by molar-refractivity contribution is -0.118. The van der Waals surface area contributed by atoms with Crippen LogP contribution in [0, 0.1) is 4.77 Å². The number of carbonyl (C=O) groups is 1. The van der Waals surface area contributed by atoms with Crippen LogP contribution in [0.25, 0.3) is 22.1 Å². The quantitative estimate of drug-likeness (QED) is 0.384. The molecule has 5 rings (SSSR count). The summed E-state index contributed by atoms with van der Waals surface area (Å²) in [5.74, 6) is 2.64. The number of carbonyl (C=O) groups excluding carboxylic acids is 1. The molecule has 1 aliphatic rings. The van der Waals surface area contributed by atoms with Crippen LogP contribution in [0.1, 0.15) is 37.5 Å². The van der Waals surface area contributed by atoms with E-state index in [1.54, 1.807) is 22.8 Å². The summed E-state index contributed by atoms with van der Waals surface area (Å²) in [6.07, 6.45) is 2.35. The molecule has 0 aliphatic heterocycles. The molecule has 1 unspecified atom stereocenters. The van der Waals surface area contributed by atoms with Gasteiger partial charge in [0.15, 0.2) is 16.4 Å². The van der Waals surface area contributed by atoms with Crippen LogP contribution in [0.15, 0.2) is 41.8 Å². The first-order valence-electron chi connectivity index (χ1n) is 9.64. The fourth-order valence-electron chi connectivity index (χ4n) is 3.25. The molecule has 152 valence electrons. The number of anilines is 1. The third-order valence-corrected chi connectivity index (χ3v) is 6.24. The van der Waals surface area contributed by atoms with Crippen LogP contribution >= 0.6 is 23.6 Å². The van der Waals surface area contributed by atoms with Gasteiger partial charge in [0.25, 0.3) is 0 Å². The van der Waals surface area contributed by atoms with Crippen molar-refractivity contribution in [1.82, 2.24) is 29.9 Å². The minimum atomic E-state index is -0.526. The van der Waals surface area contributed by atoms with Gasteiger partial charge in [0, 0.05) is 17.2 Å². The topological polar surface area (TPSA) is 104 Å². The SMILES string of the molecule is CC(C(=O)Nc1ccc(-c2n[nH]c(C3CC3)n2)cc1)n1c(-c2cccs2)n[nH]c1=S. The highest BCUT2D eigenvalue weighted by Gasteiger charge is 2.27. The van der Waals surface area contributed by atoms with Crippen LogP contribution in [-0.4, -0.2) is 35.9 Å². The number of H-pyrrole nitrogens is 2. The standard InChI is InChI=1S/C20H19N7OS2/c1-11(27-18(25-26-20(27)29)15-3-2-10-30-15)19(28)21-14-8-6-13(7-9-14)17-22-16(23-24-17)12-4-5-12/h2-3,6-12H,4-5H2,1H3,(H,21,28)(H,26,29)(H,22,23,24). The summed E-state index contributed by atoms with van der Waals surface area (Å²) in [6.45, 7) is 1.80. The van der Waals surface area contributed by atoms with E-state index >= 15 is 0 Å². The van der Waals surface area contributed by atoms with Crippen LogP contribution in [-0.2, 0) is 4.79 Å². The molecular weight excluding hydrogens is 418 g/mol. The molecule has 1 aromatic carbocycles. The zero-order valence-electron chi connectivity index (χ0n) is 16.1. The molecule has 3 N–H and O–H groups in total. The van der Waals surface area contributed by atoms with E-state index in [0.29, 0.717) is 28.0 Å². The van der Waals surface area contributed by atoms with Gasteiger partial charge < -0.3 is 5.32 Å². The summed E-state index contributed by atoms with van der Waals surface area (Å²) in [5.41, 5.74) is 1.60. The van der Waals surface area contributed by atoms with Crippen molar-refractivity contribution in [3.05, 3.63) is 52.4 Å². The molecule has 1 saturated carbocycles. The van der Waals surface area contributed by atoms with Crippen molar-refractivity contribution in [2.75, 3.05) is 5.32 Å². The third kappa shape index (κ3) is 3.59. The molecule has 0 saturated heterocycles. The molecule has 1 amide bonds. The van der Waals surface area contributed by atoms with E-state index < -0.39 is 6.04 Å². The average molecular weight is 438 g/mol. The van der Waals surface area contributed by atoms with Crippen LogP contribution in [0.5, 0.6) is 0 Å². The van der Waals surface area contributed by atoms with Gasteiger partial charge in [-0.15, -0.1) is 11.3 Å². The number of hydrogen-bond acceptors (Lipinski definition) is 6. The number of nitrogens with zero attached hydrogens (tertiary/aromatic N) is 4. The second-order valence-electron chi connectivity index (χ2n) is 7.26. The highest BCUT2D eigenvalue weighted by Crippen LogP contribution is 2.38. The number of thiophene rings is 1. The Labute approximate surface area is 181 Å². The molecule has 8 nitrogen and oxygen atoms in total. The van der Waals surface area contributed by atoms with Gasteiger partial charge in [-0.1, -0.05) is 6.07 Å². The summed E-state index contributed by atoms with van der Waals surface area (Å²) in [6, 6.07) is 10.9. The fraction of sp³-hybridized carbons (Fsp3) is 0.250. The zero-order valence-corrected chi connectivity index (χ0v) is 17.8. The third-order valence-electron chi connectivity index (χ3n) is 5.09. The molecule has 1 atom stereocenters. The van der Waals surface area contributed by atoms with E-state index in [1.807, 2.05) is 41.8 Å². The lowest BCUT2D eigenvalue weighted by atomic mass is 10.2. The summed E-state index contributed by atoms with van der Waals surface area (Å²) < 4.78 is 2.14. The molecule has 1 aliphatic carbocycles. The number of benzene rings is 1. The fourth-order valence-corrected chi connectivity index (χ4v) is 4.25. The van der Waals surface area contributed by atoms with E-state index in [2.05, 4.69) is 30.7 Å². The predicted octanol–water partition coefficient (Wildman–Crippen LogP) is 4.53. The molecule has 1 fully saturated rings. The summed E-state index contributed by atoms with van der Waals surface area (Å²) in [5, 5.41) is 19.3. The van der Waals surface area contributed by atoms with Gasteiger partial charge in [-0.25, -0.2) is 4.98 Å². The number of nitrogens with one attached hydrogen (secondary N) is 3. The highest BCUT2D eigenvalue weighted by molar-refractivity contribution is 7.71. The Bertz CT molecular complexity index is 1230. The van der Waals surface area contributed by atoms with Gasteiger partial charge in [0.2, 0.25) is 5.91 Å². The first-order valence-corrected chi connectivity index (χ1v) is 10.9. The van der Waals surface area contributed by atoms with Gasteiger partial charge in [-0.2, -0.15) is 10.2 Å². The average Bonchev–Trinajstić information content (AvgIpc) is 3.14. The molecule has 3 heterocycles. The van der Waals surface area contributed by atoms with E-state index in [4.69, 9.17) is 12.2 Å². The molecule has 0 bridgehead atoms. The van der Waals surface area contributed by atoms with Crippen molar-refractivity contribution in [3.63, 3.8) is 0 Å². The molecule has 30 heavy (non-hydrogen) atoms. The van der Waals surface area contributed by atoms with Gasteiger partial charge in [-0.05, 0) is 67.7 Å². The summed E-state index contributed by atoms with van der Waals surface area (Å²) in [7, 11) is 0. The highest BCUT2D eigenvalue weighted by atomic mass is 32.1. The van der Waals surface area contributed by atoms with Gasteiger partial charge >= 0.3 is 0 Å². The van der Waals surface area contributed by atoms with Gasteiger partial charge in [0.1, 0.15) is 11.9 Å². The maximum atomic E-state index is 12.9. The van der Waals surface area contributed by atoms with Gasteiger partial charge in [0.05, 0.1) is 4.88 Å². The number of aromatic nitrogens is 6. The van der Waals surface area contributed by atoms with E-state index in [9.17, 15) is 4.79 Å². The second-order valence-corrected chi connectivity index (χ2v) is 8.60.